The molecule has 0 spiro atoms. The zero-order valence-corrected chi connectivity index (χ0v) is 9.51. The van der Waals surface area contributed by atoms with Crippen LogP contribution in [-0.4, -0.2) is 37.6 Å². The molecule has 80 valence electrons. The van der Waals surface area contributed by atoms with Crippen molar-refractivity contribution in [3.8, 4) is 6.07 Å². The van der Waals surface area contributed by atoms with Crippen molar-refractivity contribution in [3.05, 3.63) is 12.2 Å². The van der Waals surface area contributed by atoms with E-state index in [1.807, 2.05) is 7.05 Å². The second kappa shape index (κ2) is 7.54. The quantitative estimate of drug-likeness (QED) is 0.624. The van der Waals surface area contributed by atoms with Crippen LogP contribution in [0, 0.1) is 11.3 Å². The first-order chi connectivity index (χ1) is 6.61. The SMILES string of the molecule is C=C(CNCC)CN(C)C(C)CC#N. The van der Waals surface area contributed by atoms with Gasteiger partial charge < -0.3 is 5.32 Å². The van der Waals surface area contributed by atoms with Crippen LogP contribution in [0.25, 0.3) is 0 Å². The maximum atomic E-state index is 8.55. The van der Waals surface area contributed by atoms with Gasteiger partial charge in [0.25, 0.3) is 0 Å². The third kappa shape index (κ3) is 5.74. The maximum Gasteiger partial charge on any atom is 0.0638 e. The fourth-order valence-corrected chi connectivity index (χ4v) is 1.15. The number of likely N-dealkylation sites (N-methyl/N-ethyl adjacent to an activating group) is 2. The van der Waals surface area contributed by atoms with E-state index >= 15 is 0 Å². The van der Waals surface area contributed by atoms with Crippen molar-refractivity contribution in [2.24, 2.45) is 0 Å². The van der Waals surface area contributed by atoms with Crippen LogP contribution < -0.4 is 5.32 Å². The molecule has 0 aliphatic rings. The summed E-state index contributed by atoms with van der Waals surface area (Å²) in [6, 6.07) is 2.48. The monoisotopic (exact) mass is 195 g/mol. The molecule has 14 heavy (non-hydrogen) atoms. The van der Waals surface area contributed by atoms with Gasteiger partial charge in [-0.3, -0.25) is 4.90 Å². The lowest BCUT2D eigenvalue weighted by Gasteiger charge is -2.23. The Bertz CT molecular complexity index is 205. The molecule has 0 aromatic carbocycles. The highest BCUT2D eigenvalue weighted by Gasteiger charge is 2.08. The third-order valence-corrected chi connectivity index (χ3v) is 2.24. The molecule has 0 aromatic heterocycles. The van der Waals surface area contributed by atoms with E-state index in [9.17, 15) is 0 Å². The molecule has 0 aliphatic carbocycles. The second-order valence-corrected chi connectivity index (χ2v) is 3.66. The van der Waals surface area contributed by atoms with E-state index in [4.69, 9.17) is 5.26 Å². The smallest absolute Gasteiger partial charge is 0.0638 e. The van der Waals surface area contributed by atoms with Crippen molar-refractivity contribution in [1.29, 1.82) is 5.26 Å². The molecule has 0 aliphatic heterocycles. The largest absolute Gasteiger partial charge is 0.313 e. The Morgan fingerprint density at radius 3 is 2.79 bits per heavy atom. The summed E-state index contributed by atoms with van der Waals surface area (Å²) in [6.45, 7) is 10.8. The summed E-state index contributed by atoms with van der Waals surface area (Å²) in [5.74, 6) is 0. The van der Waals surface area contributed by atoms with Gasteiger partial charge in [0.2, 0.25) is 0 Å². The van der Waals surface area contributed by atoms with Gasteiger partial charge in [-0.1, -0.05) is 13.5 Å². The van der Waals surface area contributed by atoms with E-state index in [0.29, 0.717) is 12.5 Å². The van der Waals surface area contributed by atoms with Crippen LogP contribution in [0.4, 0.5) is 0 Å². The number of rotatable bonds is 7. The molecule has 1 N–H and O–H groups in total. The van der Waals surface area contributed by atoms with Crippen molar-refractivity contribution >= 4 is 0 Å². The Morgan fingerprint density at radius 1 is 1.64 bits per heavy atom. The van der Waals surface area contributed by atoms with E-state index in [0.717, 1.165) is 19.6 Å². The van der Waals surface area contributed by atoms with Crippen molar-refractivity contribution in [2.75, 3.05) is 26.7 Å². The highest BCUT2D eigenvalue weighted by Crippen LogP contribution is 2.02. The predicted molar refractivity (Wildman–Crippen MR) is 60.0 cm³/mol. The summed E-state index contributed by atoms with van der Waals surface area (Å²) in [7, 11) is 2.03. The van der Waals surface area contributed by atoms with Crippen molar-refractivity contribution < 1.29 is 0 Å². The number of hydrogen-bond acceptors (Lipinski definition) is 3. The molecule has 0 aromatic rings. The van der Waals surface area contributed by atoms with Gasteiger partial charge in [-0.2, -0.15) is 5.26 Å². The molecule has 1 atom stereocenters. The molecule has 1 unspecified atom stereocenters. The normalized spacial score (nSPS) is 12.5. The van der Waals surface area contributed by atoms with E-state index in [1.165, 1.54) is 5.57 Å². The lowest BCUT2D eigenvalue weighted by molar-refractivity contribution is 0.280. The van der Waals surface area contributed by atoms with E-state index in [1.54, 1.807) is 0 Å². The molecule has 0 saturated heterocycles. The minimum atomic E-state index is 0.304. The predicted octanol–water partition coefficient (Wildman–Crippen LogP) is 1.39. The Morgan fingerprint density at radius 2 is 2.29 bits per heavy atom. The van der Waals surface area contributed by atoms with Gasteiger partial charge in [-0.15, -0.1) is 0 Å². The van der Waals surface area contributed by atoms with Gasteiger partial charge in [0.15, 0.2) is 0 Å². The van der Waals surface area contributed by atoms with Gasteiger partial charge in [-0.25, -0.2) is 0 Å². The van der Waals surface area contributed by atoms with Crippen molar-refractivity contribution in [1.82, 2.24) is 10.2 Å². The highest BCUT2D eigenvalue weighted by molar-refractivity contribution is 5.00. The first kappa shape index (κ1) is 13.2. The minimum Gasteiger partial charge on any atom is -0.313 e. The molecule has 0 radical (unpaired) electrons. The van der Waals surface area contributed by atoms with Crippen LogP contribution in [0.2, 0.25) is 0 Å². The summed E-state index contributed by atoms with van der Waals surface area (Å²) in [5.41, 5.74) is 1.17. The number of nitrogens with zero attached hydrogens (tertiary/aromatic N) is 2. The van der Waals surface area contributed by atoms with Crippen LogP contribution in [0.5, 0.6) is 0 Å². The summed E-state index contributed by atoms with van der Waals surface area (Å²) in [4.78, 5) is 2.16. The lowest BCUT2D eigenvalue weighted by Crippen LogP contribution is -2.32. The van der Waals surface area contributed by atoms with Gasteiger partial charge >= 0.3 is 0 Å². The Hall–Kier alpha value is -0.850. The number of nitriles is 1. The zero-order valence-electron chi connectivity index (χ0n) is 9.51. The van der Waals surface area contributed by atoms with Gasteiger partial charge in [0.1, 0.15) is 0 Å². The van der Waals surface area contributed by atoms with Crippen LogP contribution in [-0.2, 0) is 0 Å². The molecular weight excluding hydrogens is 174 g/mol. The zero-order chi connectivity index (χ0) is 11.0. The van der Waals surface area contributed by atoms with Crippen LogP contribution in [0.3, 0.4) is 0 Å². The first-order valence-corrected chi connectivity index (χ1v) is 5.06. The van der Waals surface area contributed by atoms with E-state index in [-0.39, 0.29) is 0 Å². The Kier molecular flexibility index (Phi) is 7.09. The van der Waals surface area contributed by atoms with Crippen LogP contribution >= 0.6 is 0 Å². The van der Waals surface area contributed by atoms with Crippen LogP contribution in [0.15, 0.2) is 12.2 Å². The second-order valence-electron chi connectivity index (χ2n) is 3.66. The summed E-state index contributed by atoms with van der Waals surface area (Å²) >= 11 is 0. The fourth-order valence-electron chi connectivity index (χ4n) is 1.15. The van der Waals surface area contributed by atoms with Gasteiger partial charge in [0, 0.05) is 19.1 Å². The third-order valence-electron chi connectivity index (χ3n) is 2.24. The standard InChI is InChI=1S/C11H21N3/c1-5-13-8-10(2)9-14(4)11(3)6-7-12/h11,13H,2,5-6,8-9H2,1,3-4H3. The summed E-state index contributed by atoms with van der Waals surface area (Å²) in [5, 5.41) is 11.8. The maximum absolute atomic E-state index is 8.55. The lowest BCUT2D eigenvalue weighted by atomic mass is 10.2. The molecule has 3 heteroatoms. The van der Waals surface area contributed by atoms with Crippen molar-refractivity contribution in [2.45, 2.75) is 26.3 Å². The molecular formula is C11H21N3. The fraction of sp³-hybridized carbons (Fsp3) is 0.727. The number of hydrogen-bond donors (Lipinski definition) is 1. The first-order valence-electron chi connectivity index (χ1n) is 5.06. The Balaban J connectivity index is 3.76. The molecule has 0 amide bonds. The van der Waals surface area contributed by atoms with E-state index < -0.39 is 0 Å². The van der Waals surface area contributed by atoms with Crippen molar-refractivity contribution in [3.63, 3.8) is 0 Å². The van der Waals surface area contributed by atoms with E-state index in [2.05, 4.69) is 36.7 Å². The topological polar surface area (TPSA) is 39.1 Å². The molecule has 0 heterocycles. The highest BCUT2D eigenvalue weighted by atomic mass is 15.1. The molecule has 0 saturated carbocycles. The summed E-state index contributed by atoms with van der Waals surface area (Å²) < 4.78 is 0. The Labute approximate surface area is 87.4 Å². The average molecular weight is 195 g/mol. The summed E-state index contributed by atoms with van der Waals surface area (Å²) in [6.07, 6.45) is 0.574. The van der Waals surface area contributed by atoms with Gasteiger partial charge in [-0.05, 0) is 26.1 Å². The molecule has 3 nitrogen and oxygen atoms in total. The minimum absolute atomic E-state index is 0.304. The van der Waals surface area contributed by atoms with Gasteiger partial charge in [0.05, 0.1) is 12.5 Å². The molecule has 0 bridgehead atoms. The average Bonchev–Trinajstić information content (AvgIpc) is 2.15. The molecule has 0 fully saturated rings. The molecule has 0 rings (SSSR count). The van der Waals surface area contributed by atoms with Crippen LogP contribution in [0.1, 0.15) is 20.3 Å². The number of nitrogens with one attached hydrogen (secondary N) is 1.